The van der Waals surface area contributed by atoms with Crippen molar-refractivity contribution in [3.8, 4) is 5.75 Å². The third-order valence-electron chi connectivity index (χ3n) is 3.12. The number of thioether (sulfide) groups is 1. The molecule has 0 amide bonds. The molecule has 0 aliphatic rings. The number of rotatable bonds is 6. The molecule has 2 rings (SSSR count). The molecule has 0 aliphatic heterocycles. The Morgan fingerprint density at radius 3 is 2.50 bits per heavy atom. The van der Waals surface area contributed by atoms with Gasteiger partial charge in [-0.3, -0.25) is 0 Å². The van der Waals surface area contributed by atoms with E-state index < -0.39 is 10.0 Å². The lowest BCUT2D eigenvalue weighted by Gasteiger charge is -2.12. The Hall–Kier alpha value is -1.50. The lowest BCUT2D eigenvalue weighted by atomic mass is 10.2. The maximum atomic E-state index is 12.1. The van der Waals surface area contributed by atoms with Crippen LogP contribution in [0.25, 0.3) is 0 Å². The smallest absolute Gasteiger partial charge is 0.242 e. The molecule has 6 heteroatoms. The van der Waals surface area contributed by atoms with Crippen molar-refractivity contribution in [2.75, 3.05) is 21.2 Å². The highest BCUT2D eigenvalue weighted by atomic mass is 32.2. The van der Waals surface area contributed by atoms with Crippen molar-refractivity contribution in [1.29, 1.82) is 0 Å². The first kappa shape index (κ1) is 16.9. The van der Waals surface area contributed by atoms with Gasteiger partial charge in [0, 0.05) is 24.7 Å². The van der Waals surface area contributed by atoms with Crippen molar-refractivity contribution in [1.82, 2.24) is 4.31 Å². The molecule has 0 saturated carbocycles. The molecule has 118 valence electrons. The highest BCUT2D eigenvalue weighted by Gasteiger charge is 2.17. The van der Waals surface area contributed by atoms with Gasteiger partial charge in [0.15, 0.2) is 0 Å². The van der Waals surface area contributed by atoms with Crippen LogP contribution in [-0.2, 0) is 15.8 Å². The van der Waals surface area contributed by atoms with E-state index >= 15 is 0 Å². The second-order valence-electron chi connectivity index (χ2n) is 4.90. The first-order valence-corrected chi connectivity index (χ1v) is 9.14. The third kappa shape index (κ3) is 4.03. The van der Waals surface area contributed by atoms with Crippen LogP contribution < -0.4 is 4.74 Å². The van der Waals surface area contributed by atoms with E-state index in [-0.39, 0.29) is 0 Å². The summed E-state index contributed by atoms with van der Waals surface area (Å²) in [6.07, 6.45) is 0. The summed E-state index contributed by atoms with van der Waals surface area (Å²) in [7, 11) is 1.32. The number of sulfonamides is 1. The fraction of sp³-hybridized carbons (Fsp3) is 0.250. The van der Waals surface area contributed by atoms with Crippen LogP contribution in [0.15, 0.2) is 58.3 Å². The van der Waals surface area contributed by atoms with Crippen LogP contribution in [0.3, 0.4) is 0 Å². The Morgan fingerprint density at radius 1 is 1.09 bits per heavy atom. The summed E-state index contributed by atoms with van der Waals surface area (Å²) in [6.45, 7) is 0. The van der Waals surface area contributed by atoms with Gasteiger partial charge in [0.25, 0.3) is 0 Å². The highest BCUT2D eigenvalue weighted by molar-refractivity contribution is 7.98. The van der Waals surface area contributed by atoms with Crippen molar-refractivity contribution < 1.29 is 13.2 Å². The van der Waals surface area contributed by atoms with Gasteiger partial charge in [-0.15, -0.1) is 11.8 Å². The molecule has 0 bridgehead atoms. The fourth-order valence-electron chi connectivity index (χ4n) is 1.86. The zero-order chi connectivity index (χ0) is 16.2. The molecular formula is C16H19NO3S2. The van der Waals surface area contributed by atoms with E-state index in [2.05, 4.69) is 0 Å². The van der Waals surface area contributed by atoms with E-state index in [1.807, 2.05) is 30.3 Å². The normalized spacial score (nSPS) is 11.6. The minimum atomic E-state index is -3.39. The Balaban J connectivity index is 2.14. The zero-order valence-electron chi connectivity index (χ0n) is 12.8. The summed E-state index contributed by atoms with van der Waals surface area (Å²) in [5, 5.41) is 0. The number of hydrogen-bond donors (Lipinski definition) is 0. The van der Waals surface area contributed by atoms with Crippen molar-refractivity contribution in [3.05, 3.63) is 54.1 Å². The molecule has 0 spiro atoms. The average Bonchev–Trinajstić information content (AvgIpc) is 2.53. The number of ether oxygens (including phenoxy) is 1. The third-order valence-corrected chi connectivity index (χ3v) is 6.00. The van der Waals surface area contributed by atoms with Gasteiger partial charge in [-0.05, 0) is 35.9 Å². The van der Waals surface area contributed by atoms with E-state index in [9.17, 15) is 8.42 Å². The van der Waals surface area contributed by atoms with E-state index in [0.717, 1.165) is 16.2 Å². The van der Waals surface area contributed by atoms with E-state index in [1.54, 1.807) is 37.1 Å². The lowest BCUT2D eigenvalue weighted by molar-refractivity contribution is 0.413. The van der Waals surface area contributed by atoms with Crippen molar-refractivity contribution in [2.45, 2.75) is 15.5 Å². The van der Waals surface area contributed by atoms with Gasteiger partial charge in [0.2, 0.25) is 10.0 Å². The van der Waals surface area contributed by atoms with Gasteiger partial charge >= 0.3 is 0 Å². The summed E-state index contributed by atoms with van der Waals surface area (Å²) in [5.41, 5.74) is 0.968. The van der Waals surface area contributed by atoms with Gasteiger partial charge in [0.1, 0.15) is 5.75 Å². The first-order chi connectivity index (χ1) is 10.4. The van der Waals surface area contributed by atoms with Gasteiger partial charge in [0.05, 0.1) is 12.0 Å². The molecule has 0 radical (unpaired) electrons. The topological polar surface area (TPSA) is 46.6 Å². The molecule has 0 heterocycles. The molecule has 0 fully saturated rings. The van der Waals surface area contributed by atoms with Crippen LogP contribution in [0.1, 0.15) is 5.56 Å². The molecule has 0 aliphatic carbocycles. The monoisotopic (exact) mass is 337 g/mol. The van der Waals surface area contributed by atoms with E-state index in [1.165, 1.54) is 18.4 Å². The summed E-state index contributed by atoms with van der Waals surface area (Å²) in [4.78, 5) is 1.40. The predicted octanol–water partition coefficient (Wildman–Crippen LogP) is 3.24. The summed E-state index contributed by atoms with van der Waals surface area (Å²) in [5.74, 6) is 1.51. The van der Waals surface area contributed by atoms with E-state index in [0.29, 0.717) is 10.6 Å². The lowest BCUT2D eigenvalue weighted by Crippen LogP contribution is -2.22. The molecule has 0 aromatic heterocycles. The van der Waals surface area contributed by atoms with Crippen LogP contribution in [-0.4, -0.2) is 33.9 Å². The molecule has 22 heavy (non-hydrogen) atoms. The van der Waals surface area contributed by atoms with Gasteiger partial charge in [-0.2, -0.15) is 0 Å². The summed E-state index contributed by atoms with van der Waals surface area (Å²) < 4.78 is 30.7. The highest BCUT2D eigenvalue weighted by Crippen LogP contribution is 2.27. The van der Waals surface area contributed by atoms with Crippen molar-refractivity contribution >= 4 is 21.8 Å². The fourth-order valence-corrected chi connectivity index (χ4v) is 3.72. The van der Waals surface area contributed by atoms with Crippen LogP contribution in [0.5, 0.6) is 5.75 Å². The SMILES string of the molecule is COc1cccc(SCc2cccc(S(=O)(=O)N(C)C)c2)c1. The molecule has 0 unspecified atom stereocenters. The average molecular weight is 337 g/mol. The molecule has 0 atom stereocenters. The largest absolute Gasteiger partial charge is 0.497 e. The maximum absolute atomic E-state index is 12.1. The number of hydrogen-bond acceptors (Lipinski definition) is 4. The standard InChI is InChI=1S/C16H19NO3S2/c1-17(2)22(18,19)16-9-4-6-13(10-16)12-21-15-8-5-7-14(11-15)20-3/h4-11H,12H2,1-3H3. The van der Waals surface area contributed by atoms with Gasteiger partial charge < -0.3 is 4.74 Å². The van der Waals surface area contributed by atoms with Crippen molar-refractivity contribution in [2.24, 2.45) is 0 Å². The molecular weight excluding hydrogens is 318 g/mol. The molecule has 4 nitrogen and oxygen atoms in total. The molecule has 0 N–H and O–H groups in total. The zero-order valence-corrected chi connectivity index (χ0v) is 14.4. The Bertz CT molecular complexity index is 743. The maximum Gasteiger partial charge on any atom is 0.242 e. The first-order valence-electron chi connectivity index (χ1n) is 6.72. The second kappa shape index (κ2) is 7.17. The Kier molecular flexibility index (Phi) is 5.50. The molecule has 2 aromatic rings. The van der Waals surface area contributed by atoms with Crippen LogP contribution in [0.4, 0.5) is 0 Å². The van der Waals surface area contributed by atoms with E-state index in [4.69, 9.17) is 4.74 Å². The van der Waals surface area contributed by atoms with Crippen molar-refractivity contribution in [3.63, 3.8) is 0 Å². The number of nitrogens with zero attached hydrogens (tertiary/aromatic N) is 1. The van der Waals surface area contributed by atoms with Crippen LogP contribution in [0, 0.1) is 0 Å². The van der Waals surface area contributed by atoms with Gasteiger partial charge in [-0.1, -0.05) is 18.2 Å². The Labute approximate surface area is 136 Å². The second-order valence-corrected chi connectivity index (χ2v) is 8.10. The summed E-state index contributed by atoms with van der Waals surface area (Å²) >= 11 is 1.64. The summed E-state index contributed by atoms with van der Waals surface area (Å²) in [6, 6.07) is 14.9. The van der Waals surface area contributed by atoms with Gasteiger partial charge in [-0.25, -0.2) is 12.7 Å². The minimum absolute atomic E-state index is 0.321. The number of methoxy groups -OCH3 is 1. The predicted molar refractivity (Wildman–Crippen MR) is 89.9 cm³/mol. The Morgan fingerprint density at radius 2 is 1.82 bits per heavy atom. The minimum Gasteiger partial charge on any atom is -0.497 e. The number of benzene rings is 2. The quantitative estimate of drug-likeness (QED) is 0.759. The van der Waals surface area contributed by atoms with Crippen LogP contribution >= 0.6 is 11.8 Å². The van der Waals surface area contributed by atoms with Crippen LogP contribution in [0.2, 0.25) is 0 Å². The molecule has 0 saturated heterocycles. The molecule has 2 aromatic carbocycles.